The molecule has 0 saturated carbocycles. The number of carbonyl (C=O) groups excluding carboxylic acids is 2. The molecule has 0 amide bonds. The van der Waals surface area contributed by atoms with Crippen LogP contribution in [0.4, 0.5) is 0 Å². The molecular weight excluding hydrogens is 218 g/mol. The molecule has 0 aliphatic heterocycles. The Morgan fingerprint density at radius 3 is 2.88 bits per heavy atom. The summed E-state index contributed by atoms with van der Waals surface area (Å²) in [5.41, 5.74) is 1.56. The van der Waals surface area contributed by atoms with Crippen molar-refractivity contribution in [2.45, 2.75) is 19.8 Å². The van der Waals surface area contributed by atoms with Gasteiger partial charge in [-0.25, -0.2) is 4.79 Å². The van der Waals surface area contributed by atoms with Gasteiger partial charge in [-0.05, 0) is 31.0 Å². The van der Waals surface area contributed by atoms with Crippen molar-refractivity contribution in [3.05, 3.63) is 34.9 Å². The summed E-state index contributed by atoms with van der Waals surface area (Å²) in [5.74, 6) is -0.442. The summed E-state index contributed by atoms with van der Waals surface area (Å²) in [6.07, 6.45) is 1.54. The van der Waals surface area contributed by atoms with Crippen LogP contribution in [0.15, 0.2) is 18.2 Å². The number of rotatable bonds is 5. The van der Waals surface area contributed by atoms with E-state index in [0.29, 0.717) is 36.9 Å². The van der Waals surface area contributed by atoms with Gasteiger partial charge in [-0.2, -0.15) is 5.26 Å². The topological polar surface area (TPSA) is 67.2 Å². The predicted molar refractivity (Wildman–Crippen MR) is 61.7 cm³/mol. The lowest BCUT2D eigenvalue weighted by molar-refractivity contribution is 0.0526. The van der Waals surface area contributed by atoms with Gasteiger partial charge in [0.05, 0.1) is 18.2 Å². The summed E-state index contributed by atoms with van der Waals surface area (Å²) in [6.45, 7) is 2.02. The van der Waals surface area contributed by atoms with Crippen LogP contribution in [0.5, 0.6) is 0 Å². The van der Waals surface area contributed by atoms with Gasteiger partial charge in [0.1, 0.15) is 6.29 Å². The fourth-order valence-corrected chi connectivity index (χ4v) is 1.46. The summed E-state index contributed by atoms with van der Waals surface area (Å²) < 4.78 is 4.84. The Balaban J connectivity index is 2.96. The van der Waals surface area contributed by atoms with Gasteiger partial charge in [-0.15, -0.1) is 0 Å². The number of benzene rings is 1. The van der Waals surface area contributed by atoms with Gasteiger partial charge in [0.2, 0.25) is 0 Å². The van der Waals surface area contributed by atoms with Crippen LogP contribution in [0.1, 0.15) is 39.6 Å². The summed E-state index contributed by atoms with van der Waals surface area (Å²) in [4.78, 5) is 22.3. The highest BCUT2D eigenvalue weighted by molar-refractivity contribution is 5.92. The van der Waals surface area contributed by atoms with E-state index >= 15 is 0 Å². The molecule has 0 heterocycles. The molecule has 88 valence electrons. The highest BCUT2D eigenvalue weighted by Gasteiger charge is 2.09. The molecule has 0 aromatic heterocycles. The first kappa shape index (κ1) is 12.9. The maximum absolute atomic E-state index is 11.4. The molecule has 0 fully saturated rings. The molecule has 1 aromatic rings. The number of aldehydes is 1. The van der Waals surface area contributed by atoms with E-state index in [1.54, 1.807) is 19.1 Å². The molecule has 1 aromatic carbocycles. The quantitative estimate of drug-likeness (QED) is 0.575. The number of ether oxygens (including phenoxy) is 1. The second kappa shape index (κ2) is 6.44. The van der Waals surface area contributed by atoms with Gasteiger partial charge in [0, 0.05) is 12.0 Å². The summed E-state index contributed by atoms with van der Waals surface area (Å²) in [6, 6.07) is 6.81. The van der Waals surface area contributed by atoms with Gasteiger partial charge in [-0.1, -0.05) is 6.07 Å². The van der Waals surface area contributed by atoms with E-state index in [-0.39, 0.29) is 0 Å². The zero-order chi connectivity index (χ0) is 12.7. The van der Waals surface area contributed by atoms with E-state index in [9.17, 15) is 9.59 Å². The fourth-order valence-electron chi connectivity index (χ4n) is 1.46. The van der Waals surface area contributed by atoms with E-state index in [0.717, 1.165) is 5.56 Å². The third-order valence-corrected chi connectivity index (χ3v) is 2.29. The van der Waals surface area contributed by atoms with Crippen molar-refractivity contribution in [3.8, 4) is 6.07 Å². The molecule has 4 nitrogen and oxygen atoms in total. The number of carbonyl (C=O) groups is 2. The van der Waals surface area contributed by atoms with Crippen LogP contribution >= 0.6 is 0 Å². The average Bonchev–Trinajstić information content (AvgIpc) is 2.36. The smallest absolute Gasteiger partial charge is 0.338 e. The monoisotopic (exact) mass is 231 g/mol. The average molecular weight is 231 g/mol. The van der Waals surface area contributed by atoms with Crippen molar-refractivity contribution >= 4 is 12.3 Å². The van der Waals surface area contributed by atoms with Crippen LogP contribution in [-0.2, 0) is 11.2 Å². The maximum Gasteiger partial charge on any atom is 0.338 e. The van der Waals surface area contributed by atoms with Gasteiger partial charge >= 0.3 is 5.97 Å². The molecule has 0 bridgehead atoms. The fraction of sp³-hybridized carbons (Fsp3) is 0.308. The molecular formula is C13H13NO3. The standard InChI is InChI=1S/C13H13NO3/c1-2-17-13(16)11-6-5-10(4-3-7-14)12(8-11)9-15/h5-6,8-9H,2-4H2,1H3. The van der Waals surface area contributed by atoms with Gasteiger partial charge in [-0.3, -0.25) is 4.79 Å². The molecule has 0 aliphatic carbocycles. The second-order valence-electron chi connectivity index (χ2n) is 3.41. The Bertz CT molecular complexity index is 460. The van der Waals surface area contributed by atoms with Crippen molar-refractivity contribution in [2.24, 2.45) is 0 Å². The van der Waals surface area contributed by atoms with Gasteiger partial charge in [0.15, 0.2) is 0 Å². The first-order valence-electron chi connectivity index (χ1n) is 5.35. The van der Waals surface area contributed by atoms with E-state index in [4.69, 9.17) is 10.00 Å². The van der Waals surface area contributed by atoms with Gasteiger partial charge in [0.25, 0.3) is 0 Å². The lowest BCUT2D eigenvalue weighted by Crippen LogP contribution is -2.06. The number of nitriles is 1. The number of aryl methyl sites for hydroxylation is 1. The van der Waals surface area contributed by atoms with Crippen molar-refractivity contribution in [1.82, 2.24) is 0 Å². The second-order valence-corrected chi connectivity index (χ2v) is 3.41. The Kier molecular flexibility index (Phi) is 4.89. The molecule has 0 spiro atoms. The molecule has 1 rings (SSSR count). The largest absolute Gasteiger partial charge is 0.462 e. The Morgan fingerprint density at radius 2 is 2.29 bits per heavy atom. The molecule has 0 aliphatic rings. The normalized spacial score (nSPS) is 9.41. The number of nitrogens with zero attached hydrogens (tertiary/aromatic N) is 1. The summed E-state index contributed by atoms with van der Waals surface area (Å²) >= 11 is 0. The van der Waals surface area contributed by atoms with Crippen molar-refractivity contribution in [1.29, 1.82) is 5.26 Å². The number of esters is 1. The minimum atomic E-state index is -0.442. The zero-order valence-corrected chi connectivity index (χ0v) is 9.60. The first-order chi connectivity index (χ1) is 8.22. The van der Waals surface area contributed by atoms with Crippen LogP contribution in [-0.4, -0.2) is 18.9 Å². The van der Waals surface area contributed by atoms with Crippen LogP contribution in [0, 0.1) is 11.3 Å². The molecule has 4 heteroatoms. The van der Waals surface area contributed by atoms with Crippen LogP contribution in [0.2, 0.25) is 0 Å². The lowest BCUT2D eigenvalue weighted by Gasteiger charge is -2.06. The van der Waals surface area contributed by atoms with Crippen molar-refractivity contribution in [2.75, 3.05) is 6.61 Å². The minimum Gasteiger partial charge on any atom is -0.462 e. The third kappa shape index (κ3) is 3.42. The first-order valence-corrected chi connectivity index (χ1v) is 5.35. The minimum absolute atomic E-state index is 0.297. The summed E-state index contributed by atoms with van der Waals surface area (Å²) in [5, 5.41) is 8.49. The molecule has 0 atom stereocenters. The van der Waals surface area contributed by atoms with E-state index in [1.165, 1.54) is 6.07 Å². The number of hydrogen-bond acceptors (Lipinski definition) is 4. The molecule has 0 N–H and O–H groups in total. The highest BCUT2D eigenvalue weighted by Crippen LogP contribution is 2.13. The molecule has 0 radical (unpaired) electrons. The van der Waals surface area contributed by atoms with E-state index in [2.05, 4.69) is 0 Å². The Labute approximate surface area is 99.8 Å². The van der Waals surface area contributed by atoms with Crippen molar-refractivity contribution < 1.29 is 14.3 Å². The maximum atomic E-state index is 11.4. The molecule has 17 heavy (non-hydrogen) atoms. The summed E-state index contributed by atoms with van der Waals surface area (Å²) in [7, 11) is 0. The molecule has 0 saturated heterocycles. The predicted octanol–water partition coefficient (Wildman–Crippen LogP) is 2.13. The van der Waals surface area contributed by atoms with E-state index < -0.39 is 5.97 Å². The van der Waals surface area contributed by atoms with Crippen molar-refractivity contribution in [3.63, 3.8) is 0 Å². The Morgan fingerprint density at radius 1 is 1.53 bits per heavy atom. The van der Waals surface area contributed by atoms with Crippen LogP contribution in [0.3, 0.4) is 0 Å². The van der Waals surface area contributed by atoms with Gasteiger partial charge < -0.3 is 4.74 Å². The highest BCUT2D eigenvalue weighted by atomic mass is 16.5. The lowest BCUT2D eigenvalue weighted by atomic mass is 10.0. The van der Waals surface area contributed by atoms with Crippen LogP contribution in [0.25, 0.3) is 0 Å². The third-order valence-electron chi connectivity index (χ3n) is 2.29. The number of hydrogen-bond donors (Lipinski definition) is 0. The van der Waals surface area contributed by atoms with Crippen LogP contribution < -0.4 is 0 Å². The molecule has 0 unspecified atom stereocenters. The van der Waals surface area contributed by atoms with E-state index in [1.807, 2.05) is 6.07 Å². The Hall–Kier alpha value is -2.15. The zero-order valence-electron chi connectivity index (χ0n) is 9.60. The SMILES string of the molecule is CCOC(=O)c1ccc(CCC#N)c(C=O)c1.